The molecule has 0 heterocycles. The maximum atomic E-state index is 12.1. The van der Waals surface area contributed by atoms with Crippen LogP contribution < -0.4 is 10.6 Å². The van der Waals surface area contributed by atoms with Crippen molar-refractivity contribution in [1.82, 2.24) is 10.6 Å². The Balaban J connectivity index is 2.44. The van der Waals surface area contributed by atoms with Gasteiger partial charge in [-0.3, -0.25) is 4.79 Å². The average Bonchev–Trinajstić information content (AvgIpc) is 2.44. The largest absolute Gasteiger partial charge is 0.375 e. The number of likely N-dealkylation sites (N-methyl/N-ethyl adjacent to an activating group) is 1. The summed E-state index contributed by atoms with van der Waals surface area (Å²) < 4.78 is 5.35. The molecule has 0 aliphatic rings. The summed E-state index contributed by atoms with van der Waals surface area (Å²) in [6.45, 7) is 8.06. The van der Waals surface area contributed by atoms with Gasteiger partial charge in [0, 0.05) is 12.1 Å². The molecule has 0 bridgehead atoms. The summed E-state index contributed by atoms with van der Waals surface area (Å²) in [5.41, 5.74) is 2.78. The van der Waals surface area contributed by atoms with Crippen molar-refractivity contribution in [3.8, 4) is 0 Å². The second-order valence-corrected chi connectivity index (χ2v) is 4.78. The lowest BCUT2D eigenvalue weighted by Crippen LogP contribution is -2.28. The van der Waals surface area contributed by atoms with Crippen LogP contribution in [0.25, 0.3) is 0 Å². The Morgan fingerprint density at radius 3 is 2.75 bits per heavy atom. The van der Waals surface area contributed by atoms with Gasteiger partial charge in [-0.15, -0.1) is 0 Å². The molecule has 0 aliphatic heterocycles. The number of rotatable bonds is 9. The van der Waals surface area contributed by atoms with Gasteiger partial charge >= 0.3 is 0 Å². The molecule has 4 heteroatoms. The summed E-state index contributed by atoms with van der Waals surface area (Å²) in [6.07, 6.45) is 0.840. The molecular weight excluding hydrogens is 252 g/mol. The van der Waals surface area contributed by atoms with Crippen LogP contribution in [0.5, 0.6) is 0 Å². The van der Waals surface area contributed by atoms with Gasteiger partial charge in [-0.25, -0.2) is 0 Å². The Morgan fingerprint density at radius 2 is 2.05 bits per heavy atom. The zero-order valence-corrected chi connectivity index (χ0v) is 12.4. The molecule has 1 aromatic carbocycles. The fourth-order valence-electron chi connectivity index (χ4n) is 1.80. The molecule has 0 aromatic heterocycles. The molecule has 20 heavy (non-hydrogen) atoms. The van der Waals surface area contributed by atoms with Gasteiger partial charge in [-0.05, 0) is 38.6 Å². The second kappa shape index (κ2) is 9.28. The van der Waals surface area contributed by atoms with E-state index in [0.717, 1.165) is 29.7 Å². The molecular formula is C16H24N2O2. The molecule has 2 N–H and O–H groups in total. The average molecular weight is 276 g/mol. The zero-order chi connectivity index (χ0) is 14.8. The Hall–Kier alpha value is -1.65. The van der Waals surface area contributed by atoms with Crippen molar-refractivity contribution in [3.05, 3.63) is 47.5 Å². The van der Waals surface area contributed by atoms with Crippen LogP contribution in [0, 0.1) is 0 Å². The van der Waals surface area contributed by atoms with E-state index in [9.17, 15) is 4.79 Å². The summed E-state index contributed by atoms with van der Waals surface area (Å²) in [5, 5.41) is 5.97. The quantitative estimate of drug-likeness (QED) is 0.534. The third-order valence-electron chi connectivity index (χ3n) is 2.79. The van der Waals surface area contributed by atoms with Crippen molar-refractivity contribution in [2.24, 2.45) is 0 Å². The van der Waals surface area contributed by atoms with Crippen molar-refractivity contribution in [2.75, 3.05) is 33.4 Å². The van der Waals surface area contributed by atoms with Crippen LogP contribution in [0.2, 0.25) is 0 Å². The van der Waals surface area contributed by atoms with Gasteiger partial charge < -0.3 is 15.4 Å². The number of carbonyl (C=O) groups excluding carboxylic acids is 1. The van der Waals surface area contributed by atoms with Crippen molar-refractivity contribution >= 4 is 5.91 Å². The number of carbonyl (C=O) groups is 1. The first-order chi connectivity index (χ1) is 9.65. The molecule has 1 rings (SSSR count). The number of nitrogens with one attached hydrogen (secondary N) is 2. The normalized spacial score (nSPS) is 10.3. The van der Waals surface area contributed by atoms with Crippen molar-refractivity contribution in [3.63, 3.8) is 0 Å². The minimum atomic E-state index is -0.0457. The zero-order valence-electron chi connectivity index (χ0n) is 12.4. The van der Waals surface area contributed by atoms with E-state index in [0.29, 0.717) is 19.8 Å². The molecule has 0 aliphatic carbocycles. The lowest BCUT2D eigenvalue weighted by Gasteiger charge is -2.10. The third-order valence-corrected chi connectivity index (χ3v) is 2.79. The summed E-state index contributed by atoms with van der Waals surface area (Å²) in [5.74, 6) is -0.0457. The van der Waals surface area contributed by atoms with Crippen LogP contribution in [0.1, 0.15) is 22.8 Å². The van der Waals surface area contributed by atoms with Gasteiger partial charge in [-0.1, -0.05) is 30.4 Å². The van der Waals surface area contributed by atoms with E-state index < -0.39 is 0 Å². The van der Waals surface area contributed by atoms with E-state index in [-0.39, 0.29) is 5.91 Å². The topological polar surface area (TPSA) is 50.4 Å². The highest BCUT2D eigenvalue weighted by Crippen LogP contribution is 2.09. The smallest absolute Gasteiger partial charge is 0.251 e. The highest BCUT2D eigenvalue weighted by atomic mass is 16.5. The minimum absolute atomic E-state index is 0.0457. The number of ether oxygens (including phenoxy) is 1. The van der Waals surface area contributed by atoms with Gasteiger partial charge in [0.1, 0.15) is 0 Å². The first-order valence-electron chi connectivity index (χ1n) is 6.88. The fourth-order valence-corrected chi connectivity index (χ4v) is 1.80. The number of hydrogen-bond acceptors (Lipinski definition) is 3. The number of amides is 1. The van der Waals surface area contributed by atoms with Gasteiger partial charge in [-0.2, -0.15) is 0 Å². The van der Waals surface area contributed by atoms with Crippen LogP contribution in [0.3, 0.4) is 0 Å². The van der Waals surface area contributed by atoms with Crippen LogP contribution in [0.4, 0.5) is 0 Å². The van der Waals surface area contributed by atoms with Crippen LogP contribution in [-0.4, -0.2) is 39.3 Å². The fraction of sp³-hybridized carbons (Fsp3) is 0.438. The van der Waals surface area contributed by atoms with E-state index in [2.05, 4.69) is 17.2 Å². The Bertz CT molecular complexity index is 444. The lowest BCUT2D eigenvalue weighted by atomic mass is 10.0. The molecule has 1 amide bonds. The van der Waals surface area contributed by atoms with Gasteiger partial charge in [0.05, 0.1) is 13.2 Å². The summed E-state index contributed by atoms with van der Waals surface area (Å²) in [7, 11) is 1.90. The van der Waals surface area contributed by atoms with Crippen LogP contribution in [0.15, 0.2) is 36.4 Å². The molecule has 0 saturated carbocycles. The Morgan fingerprint density at radius 1 is 1.30 bits per heavy atom. The standard InChI is InChI=1S/C16H24N2O2/c1-13(2)12-20-11-10-18-16(19)15-7-5-4-6-14(15)8-9-17-3/h4-7,17H,1,8-12H2,2-3H3,(H,18,19). The molecule has 0 radical (unpaired) electrons. The van der Waals surface area contributed by atoms with Gasteiger partial charge in [0.25, 0.3) is 5.91 Å². The minimum Gasteiger partial charge on any atom is -0.375 e. The van der Waals surface area contributed by atoms with E-state index in [1.54, 1.807) is 0 Å². The molecule has 110 valence electrons. The maximum absolute atomic E-state index is 12.1. The lowest BCUT2D eigenvalue weighted by molar-refractivity contribution is 0.0926. The predicted octanol–water partition coefficient (Wildman–Crippen LogP) is 1.77. The molecule has 0 atom stereocenters. The number of hydrogen-bond donors (Lipinski definition) is 2. The first-order valence-corrected chi connectivity index (χ1v) is 6.88. The number of benzene rings is 1. The molecule has 1 aromatic rings. The van der Waals surface area contributed by atoms with Crippen molar-refractivity contribution in [2.45, 2.75) is 13.3 Å². The molecule has 0 saturated heterocycles. The van der Waals surface area contributed by atoms with E-state index >= 15 is 0 Å². The second-order valence-electron chi connectivity index (χ2n) is 4.78. The van der Waals surface area contributed by atoms with Gasteiger partial charge in [0.2, 0.25) is 0 Å². The van der Waals surface area contributed by atoms with Crippen LogP contribution >= 0.6 is 0 Å². The monoisotopic (exact) mass is 276 g/mol. The van der Waals surface area contributed by atoms with E-state index in [1.807, 2.05) is 38.2 Å². The van der Waals surface area contributed by atoms with E-state index in [1.165, 1.54) is 0 Å². The van der Waals surface area contributed by atoms with Crippen LogP contribution in [-0.2, 0) is 11.2 Å². The molecule has 0 spiro atoms. The maximum Gasteiger partial charge on any atom is 0.251 e. The Kier molecular flexibility index (Phi) is 7.62. The summed E-state index contributed by atoms with van der Waals surface area (Å²) >= 11 is 0. The SMILES string of the molecule is C=C(C)COCCNC(=O)c1ccccc1CCNC. The first kappa shape index (κ1) is 16.4. The third kappa shape index (κ3) is 5.99. The highest BCUT2D eigenvalue weighted by molar-refractivity contribution is 5.95. The van der Waals surface area contributed by atoms with Crippen molar-refractivity contribution in [1.29, 1.82) is 0 Å². The van der Waals surface area contributed by atoms with Gasteiger partial charge in [0.15, 0.2) is 0 Å². The summed E-state index contributed by atoms with van der Waals surface area (Å²) in [4.78, 5) is 12.1. The highest BCUT2D eigenvalue weighted by Gasteiger charge is 2.09. The molecule has 0 fully saturated rings. The predicted molar refractivity (Wildman–Crippen MR) is 82.0 cm³/mol. The molecule has 0 unspecified atom stereocenters. The molecule has 4 nitrogen and oxygen atoms in total. The Labute approximate surface area is 121 Å². The van der Waals surface area contributed by atoms with E-state index in [4.69, 9.17) is 4.74 Å². The summed E-state index contributed by atoms with van der Waals surface area (Å²) in [6, 6.07) is 7.69. The van der Waals surface area contributed by atoms with Crippen molar-refractivity contribution < 1.29 is 9.53 Å².